The van der Waals surface area contributed by atoms with E-state index in [9.17, 15) is 13.2 Å². The molecule has 0 saturated heterocycles. The van der Waals surface area contributed by atoms with Crippen molar-refractivity contribution in [2.45, 2.75) is 68.9 Å². The second-order valence-electron chi connectivity index (χ2n) is 8.46. The average Bonchev–Trinajstić information content (AvgIpc) is 3.41. The molecule has 4 rings (SSSR count). The van der Waals surface area contributed by atoms with Crippen LogP contribution >= 0.6 is 0 Å². The van der Waals surface area contributed by atoms with Crippen LogP contribution in [-0.2, 0) is 38.1 Å². The minimum absolute atomic E-state index is 0.0164. The molecule has 0 radical (unpaired) electrons. The first-order valence-electron chi connectivity index (χ1n) is 11.1. The van der Waals surface area contributed by atoms with Gasteiger partial charge in [-0.25, -0.2) is 18.5 Å². The largest absolute Gasteiger partial charge is 0.457 e. The Morgan fingerprint density at radius 3 is 2.53 bits per heavy atom. The molecule has 0 spiro atoms. The summed E-state index contributed by atoms with van der Waals surface area (Å²) in [6, 6.07) is 14.5. The van der Waals surface area contributed by atoms with E-state index in [1.54, 1.807) is 6.07 Å². The number of carbonyl (C=O) groups is 1. The first-order valence-corrected chi connectivity index (χ1v) is 12.6. The molecule has 1 aliphatic carbocycles. The number of nitrogens with zero attached hydrogens (tertiary/aromatic N) is 2. The van der Waals surface area contributed by atoms with E-state index in [0.717, 1.165) is 49.6 Å². The van der Waals surface area contributed by atoms with Gasteiger partial charge in [-0.3, -0.25) is 4.79 Å². The van der Waals surface area contributed by atoms with E-state index in [1.165, 1.54) is 12.1 Å². The molecule has 2 aromatic carbocycles. The van der Waals surface area contributed by atoms with Crippen molar-refractivity contribution in [1.82, 2.24) is 9.55 Å². The number of hydrogen-bond donors (Lipinski definition) is 1. The third-order valence-corrected chi connectivity index (χ3v) is 7.28. The van der Waals surface area contributed by atoms with E-state index in [0.29, 0.717) is 17.9 Å². The summed E-state index contributed by atoms with van der Waals surface area (Å²) in [7, 11) is -3.83. The molecule has 8 heteroatoms. The molecule has 0 bridgehead atoms. The fraction of sp³-hybridized carbons (Fsp3) is 0.417. The van der Waals surface area contributed by atoms with Crippen molar-refractivity contribution in [3.63, 3.8) is 0 Å². The molecule has 1 fully saturated rings. The van der Waals surface area contributed by atoms with Crippen LogP contribution in [0.2, 0.25) is 0 Å². The molecule has 32 heavy (non-hydrogen) atoms. The normalized spacial score (nSPS) is 15.8. The number of benzene rings is 2. The number of unbranched alkanes of at least 4 members (excludes halogenated alkanes) is 1. The Kier molecular flexibility index (Phi) is 6.35. The van der Waals surface area contributed by atoms with Gasteiger partial charge in [-0.15, -0.1) is 0 Å². The van der Waals surface area contributed by atoms with Gasteiger partial charge in [0.2, 0.25) is 10.0 Å². The molecule has 1 saturated carbocycles. The molecule has 7 nitrogen and oxygen atoms in total. The van der Waals surface area contributed by atoms with E-state index in [1.807, 2.05) is 34.9 Å². The third kappa shape index (κ3) is 4.29. The number of sulfonamides is 1. The summed E-state index contributed by atoms with van der Waals surface area (Å²) in [5, 5.41) is 5.28. The summed E-state index contributed by atoms with van der Waals surface area (Å²) in [5.41, 5.74) is 1.72. The van der Waals surface area contributed by atoms with Crippen LogP contribution in [0.4, 0.5) is 0 Å². The van der Waals surface area contributed by atoms with Gasteiger partial charge in [0, 0.05) is 6.54 Å². The molecule has 170 valence electrons. The molecule has 0 aliphatic heterocycles. The van der Waals surface area contributed by atoms with Crippen molar-refractivity contribution in [2.75, 3.05) is 0 Å². The molecular formula is C24H29N3O4S. The number of aromatic nitrogens is 2. The molecule has 0 unspecified atom stereocenters. The molecule has 1 heterocycles. The first kappa shape index (κ1) is 22.5. The predicted octanol–water partition coefficient (Wildman–Crippen LogP) is 4.04. The maximum absolute atomic E-state index is 13.3. The number of aryl methyl sites for hydroxylation is 1. The van der Waals surface area contributed by atoms with Crippen LogP contribution in [0.1, 0.15) is 56.8 Å². The summed E-state index contributed by atoms with van der Waals surface area (Å²) in [6.07, 6.45) is 5.47. The second-order valence-corrected chi connectivity index (χ2v) is 10.0. The van der Waals surface area contributed by atoms with Gasteiger partial charge in [0.1, 0.15) is 12.4 Å². The lowest BCUT2D eigenvalue weighted by atomic mass is 9.79. The van der Waals surface area contributed by atoms with Gasteiger partial charge >= 0.3 is 5.97 Å². The Morgan fingerprint density at radius 2 is 1.88 bits per heavy atom. The van der Waals surface area contributed by atoms with Gasteiger partial charge in [-0.05, 0) is 43.0 Å². The average molecular weight is 456 g/mol. The molecule has 1 aromatic heterocycles. The van der Waals surface area contributed by atoms with Crippen LogP contribution in [0.5, 0.6) is 0 Å². The summed E-state index contributed by atoms with van der Waals surface area (Å²) in [5.74, 6) is 0.384. The Bertz CT molecular complexity index is 1210. The number of rotatable bonds is 8. The fourth-order valence-electron chi connectivity index (χ4n) is 4.63. The zero-order valence-corrected chi connectivity index (χ0v) is 19.1. The van der Waals surface area contributed by atoms with Crippen molar-refractivity contribution in [2.24, 2.45) is 5.14 Å². The smallest absolute Gasteiger partial charge is 0.317 e. The molecule has 0 amide bonds. The van der Waals surface area contributed by atoms with Gasteiger partial charge < -0.3 is 9.30 Å². The SMILES string of the molecule is CCCCn1c(COC(=O)C2(c3ccccc3)CCCC2)nc2cc(S(N)(=O)=O)ccc21. The Morgan fingerprint density at radius 1 is 1.16 bits per heavy atom. The Balaban J connectivity index is 1.63. The third-order valence-electron chi connectivity index (χ3n) is 6.37. The van der Waals surface area contributed by atoms with Gasteiger partial charge in [0.05, 0.1) is 21.3 Å². The van der Waals surface area contributed by atoms with E-state index >= 15 is 0 Å². The number of nitrogens with two attached hydrogens (primary N) is 1. The number of imidazole rings is 1. The van der Waals surface area contributed by atoms with Crippen LogP contribution < -0.4 is 5.14 Å². The van der Waals surface area contributed by atoms with E-state index in [4.69, 9.17) is 9.88 Å². The molecule has 3 aromatic rings. The second kappa shape index (κ2) is 9.03. The van der Waals surface area contributed by atoms with E-state index in [2.05, 4.69) is 11.9 Å². The zero-order chi connectivity index (χ0) is 22.8. The van der Waals surface area contributed by atoms with Crippen LogP contribution in [0.3, 0.4) is 0 Å². The van der Waals surface area contributed by atoms with Gasteiger partial charge in [-0.2, -0.15) is 0 Å². The topological polar surface area (TPSA) is 104 Å². The first-order chi connectivity index (χ1) is 15.3. The molecule has 0 atom stereocenters. The van der Waals surface area contributed by atoms with Crippen molar-refractivity contribution in [3.05, 3.63) is 59.9 Å². The predicted molar refractivity (Wildman–Crippen MR) is 122 cm³/mol. The lowest BCUT2D eigenvalue weighted by molar-refractivity contribution is -0.152. The van der Waals surface area contributed by atoms with Crippen LogP contribution in [0.15, 0.2) is 53.4 Å². The summed E-state index contributed by atoms with van der Waals surface area (Å²) in [4.78, 5) is 17.9. The molecule has 2 N–H and O–H groups in total. The quantitative estimate of drug-likeness (QED) is 0.516. The van der Waals surface area contributed by atoms with Crippen LogP contribution in [0.25, 0.3) is 11.0 Å². The maximum Gasteiger partial charge on any atom is 0.317 e. The van der Waals surface area contributed by atoms with Crippen LogP contribution in [-0.4, -0.2) is 23.9 Å². The van der Waals surface area contributed by atoms with Crippen molar-refractivity contribution < 1.29 is 17.9 Å². The maximum atomic E-state index is 13.3. The van der Waals surface area contributed by atoms with E-state index < -0.39 is 15.4 Å². The monoisotopic (exact) mass is 455 g/mol. The zero-order valence-electron chi connectivity index (χ0n) is 18.3. The van der Waals surface area contributed by atoms with Crippen molar-refractivity contribution >= 4 is 27.0 Å². The van der Waals surface area contributed by atoms with Crippen LogP contribution in [0, 0.1) is 0 Å². The minimum Gasteiger partial charge on any atom is -0.457 e. The molecular weight excluding hydrogens is 426 g/mol. The van der Waals surface area contributed by atoms with Gasteiger partial charge in [0.15, 0.2) is 0 Å². The number of primary sulfonamides is 1. The fourth-order valence-corrected chi connectivity index (χ4v) is 5.16. The number of carbonyl (C=O) groups excluding carboxylic acids is 1. The summed E-state index contributed by atoms with van der Waals surface area (Å²) < 4.78 is 31.3. The number of fused-ring (bicyclic) bond motifs is 1. The molecule has 1 aliphatic rings. The minimum atomic E-state index is -3.83. The number of ether oxygens (including phenoxy) is 1. The van der Waals surface area contributed by atoms with E-state index in [-0.39, 0.29) is 17.5 Å². The van der Waals surface area contributed by atoms with Gasteiger partial charge in [0.25, 0.3) is 0 Å². The van der Waals surface area contributed by atoms with Crippen molar-refractivity contribution in [1.29, 1.82) is 0 Å². The summed E-state index contributed by atoms with van der Waals surface area (Å²) in [6.45, 7) is 2.84. The van der Waals surface area contributed by atoms with Crippen molar-refractivity contribution in [3.8, 4) is 0 Å². The standard InChI is InChI=1S/C24H29N3O4S/c1-2-3-15-27-21-12-11-19(32(25,29)30)16-20(21)26-22(27)17-31-23(28)24(13-7-8-14-24)18-9-5-4-6-10-18/h4-6,9-12,16H,2-3,7-8,13-15,17H2,1H3,(H2,25,29,30). The Labute approximate surface area is 188 Å². The highest BCUT2D eigenvalue weighted by Gasteiger charge is 2.44. The number of hydrogen-bond acceptors (Lipinski definition) is 5. The lowest BCUT2D eigenvalue weighted by Crippen LogP contribution is -2.34. The van der Waals surface area contributed by atoms with Gasteiger partial charge in [-0.1, -0.05) is 56.5 Å². The summed E-state index contributed by atoms with van der Waals surface area (Å²) >= 11 is 0. The lowest BCUT2D eigenvalue weighted by Gasteiger charge is -2.27. The Hall–Kier alpha value is -2.71. The number of esters is 1. The highest BCUT2D eigenvalue weighted by Crippen LogP contribution is 2.42. The highest BCUT2D eigenvalue weighted by molar-refractivity contribution is 7.89. The highest BCUT2D eigenvalue weighted by atomic mass is 32.2.